The fourth-order valence-corrected chi connectivity index (χ4v) is 2.04. The summed E-state index contributed by atoms with van der Waals surface area (Å²) in [5.74, 6) is -0.00595. The van der Waals surface area contributed by atoms with E-state index in [1.54, 1.807) is 7.11 Å². The molecule has 6 heteroatoms. The van der Waals surface area contributed by atoms with E-state index in [1.165, 1.54) is 0 Å². The molecule has 2 N–H and O–H groups in total. The Morgan fingerprint density at radius 3 is 3.00 bits per heavy atom. The number of nitrogens with zero attached hydrogens (tertiary/aromatic N) is 1. The predicted octanol–water partition coefficient (Wildman–Crippen LogP) is -0.552. The zero-order valence-electron chi connectivity index (χ0n) is 12.3. The molecule has 0 aromatic rings. The van der Waals surface area contributed by atoms with Gasteiger partial charge in [-0.3, -0.25) is 9.69 Å². The van der Waals surface area contributed by atoms with Crippen LogP contribution >= 0.6 is 0 Å². The molecule has 1 amide bonds. The van der Waals surface area contributed by atoms with E-state index in [0.717, 1.165) is 19.7 Å². The third-order valence-corrected chi connectivity index (χ3v) is 3.19. The molecule has 0 aromatic carbocycles. The zero-order chi connectivity index (χ0) is 14.1. The number of hydrogen-bond acceptors (Lipinski definition) is 5. The molecule has 0 spiro atoms. The van der Waals surface area contributed by atoms with Gasteiger partial charge >= 0.3 is 0 Å². The monoisotopic (exact) mass is 273 g/mol. The van der Waals surface area contributed by atoms with Crippen molar-refractivity contribution in [3.8, 4) is 0 Å². The van der Waals surface area contributed by atoms with Crippen molar-refractivity contribution in [2.24, 2.45) is 0 Å². The highest BCUT2D eigenvalue weighted by atomic mass is 16.5. The van der Waals surface area contributed by atoms with Gasteiger partial charge in [0.25, 0.3) is 0 Å². The number of carbonyl (C=O) groups excluding carboxylic acids is 1. The molecule has 1 unspecified atom stereocenters. The molecule has 0 saturated carbocycles. The van der Waals surface area contributed by atoms with Crippen LogP contribution in [0.25, 0.3) is 0 Å². The van der Waals surface area contributed by atoms with Crippen LogP contribution in [-0.4, -0.2) is 76.0 Å². The normalized spacial score (nSPS) is 20.7. The van der Waals surface area contributed by atoms with Crippen molar-refractivity contribution >= 4 is 5.91 Å². The summed E-state index contributed by atoms with van der Waals surface area (Å²) in [5, 5.41) is 5.91. The lowest BCUT2D eigenvalue weighted by Gasteiger charge is -2.35. The lowest BCUT2D eigenvalue weighted by atomic mass is 10.2. The van der Waals surface area contributed by atoms with Gasteiger partial charge in [0.05, 0.1) is 25.9 Å². The van der Waals surface area contributed by atoms with E-state index in [1.807, 2.05) is 0 Å². The topological polar surface area (TPSA) is 62.8 Å². The van der Waals surface area contributed by atoms with Crippen molar-refractivity contribution in [1.29, 1.82) is 0 Å². The van der Waals surface area contributed by atoms with Crippen LogP contribution in [0.15, 0.2) is 0 Å². The van der Waals surface area contributed by atoms with Crippen LogP contribution in [0.3, 0.4) is 0 Å². The Morgan fingerprint density at radius 2 is 2.32 bits per heavy atom. The third-order valence-electron chi connectivity index (χ3n) is 3.19. The quantitative estimate of drug-likeness (QED) is 0.581. The van der Waals surface area contributed by atoms with Crippen LogP contribution in [0.2, 0.25) is 0 Å². The third kappa shape index (κ3) is 6.87. The second-order valence-electron chi connectivity index (χ2n) is 5.06. The summed E-state index contributed by atoms with van der Waals surface area (Å²) in [5.41, 5.74) is 0. The molecule has 1 atom stereocenters. The maximum atomic E-state index is 11.5. The first-order valence-electron chi connectivity index (χ1n) is 6.95. The number of hydrogen-bond donors (Lipinski definition) is 2. The molecule has 1 heterocycles. The first kappa shape index (κ1) is 16.4. The Morgan fingerprint density at radius 1 is 1.53 bits per heavy atom. The zero-order valence-corrected chi connectivity index (χ0v) is 12.3. The van der Waals surface area contributed by atoms with Gasteiger partial charge in [0.15, 0.2) is 0 Å². The van der Waals surface area contributed by atoms with Crippen molar-refractivity contribution in [3.63, 3.8) is 0 Å². The van der Waals surface area contributed by atoms with Gasteiger partial charge in [-0.15, -0.1) is 0 Å². The first-order valence-corrected chi connectivity index (χ1v) is 6.95. The molecule has 1 aliphatic heterocycles. The molecular formula is C13H27N3O3. The lowest BCUT2D eigenvalue weighted by Crippen LogP contribution is -2.50. The maximum Gasteiger partial charge on any atom is 0.234 e. The Kier molecular flexibility index (Phi) is 7.97. The summed E-state index contributed by atoms with van der Waals surface area (Å²) in [4.78, 5) is 13.8. The van der Waals surface area contributed by atoms with Crippen LogP contribution in [0, 0.1) is 0 Å². The summed E-state index contributed by atoms with van der Waals surface area (Å²) in [6, 6.07) is 0.545. The summed E-state index contributed by atoms with van der Waals surface area (Å²) in [6.07, 6.45) is 0.169. The lowest BCUT2D eigenvalue weighted by molar-refractivity contribution is -0.120. The highest BCUT2D eigenvalue weighted by Crippen LogP contribution is 2.07. The first-order chi connectivity index (χ1) is 9.13. The van der Waals surface area contributed by atoms with Gasteiger partial charge in [0, 0.05) is 39.3 Å². The second kappa shape index (κ2) is 9.25. The van der Waals surface area contributed by atoms with E-state index in [-0.39, 0.29) is 12.0 Å². The number of morpholine rings is 1. The van der Waals surface area contributed by atoms with Crippen LogP contribution in [-0.2, 0) is 14.3 Å². The molecule has 0 radical (unpaired) electrons. The summed E-state index contributed by atoms with van der Waals surface area (Å²) < 4.78 is 10.5. The molecule has 6 nitrogen and oxygen atoms in total. The summed E-state index contributed by atoms with van der Waals surface area (Å²) in [6.45, 7) is 9.20. The van der Waals surface area contributed by atoms with Gasteiger partial charge in [-0.25, -0.2) is 0 Å². The maximum absolute atomic E-state index is 11.5. The molecule has 19 heavy (non-hydrogen) atoms. The molecule has 0 bridgehead atoms. The molecule has 0 aliphatic carbocycles. The van der Waals surface area contributed by atoms with Gasteiger partial charge in [-0.2, -0.15) is 0 Å². The van der Waals surface area contributed by atoms with Crippen LogP contribution in [0.4, 0.5) is 0 Å². The van der Waals surface area contributed by atoms with Crippen molar-refractivity contribution < 1.29 is 14.3 Å². The number of rotatable bonds is 8. The minimum absolute atomic E-state index is 0.00595. The molecule has 1 fully saturated rings. The molecule has 1 rings (SSSR count). The fourth-order valence-electron chi connectivity index (χ4n) is 2.04. The molecular weight excluding hydrogens is 246 g/mol. The van der Waals surface area contributed by atoms with E-state index in [9.17, 15) is 4.79 Å². The average molecular weight is 273 g/mol. The van der Waals surface area contributed by atoms with Gasteiger partial charge in [0.1, 0.15) is 0 Å². The van der Waals surface area contributed by atoms with E-state index in [2.05, 4.69) is 29.4 Å². The van der Waals surface area contributed by atoms with E-state index in [4.69, 9.17) is 9.47 Å². The van der Waals surface area contributed by atoms with Crippen molar-refractivity contribution in [2.45, 2.75) is 26.0 Å². The SMILES string of the molecule is COCCNC(=O)CNCC1CN(C(C)C)CCO1. The fraction of sp³-hybridized carbons (Fsp3) is 0.923. The van der Waals surface area contributed by atoms with Crippen molar-refractivity contribution in [2.75, 3.05) is 53.0 Å². The molecule has 1 aliphatic rings. The average Bonchev–Trinajstić information content (AvgIpc) is 2.39. The molecule has 1 saturated heterocycles. The highest BCUT2D eigenvalue weighted by molar-refractivity contribution is 5.77. The van der Waals surface area contributed by atoms with E-state index >= 15 is 0 Å². The predicted molar refractivity (Wildman–Crippen MR) is 74.2 cm³/mol. The largest absolute Gasteiger partial charge is 0.383 e. The Balaban J connectivity index is 2.10. The molecule has 112 valence electrons. The van der Waals surface area contributed by atoms with Crippen molar-refractivity contribution in [1.82, 2.24) is 15.5 Å². The number of methoxy groups -OCH3 is 1. The van der Waals surface area contributed by atoms with Gasteiger partial charge in [-0.05, 0) is 13.8 Å². The van der Waals surface area contributed by atoms with Gasteiger partial charge < -0.3 is 20.1 Å². The second-order valence-corrected chi connectivity index (χ2v) is 5.06. The Labute approximate surface area is 115 Å². The number of carbonyl (C=O) groups is 1. The van der Waals surface area contributed by atoms with Gasteiger partial charge in [-0.1, -0.05) is 0 Å². The highest BCUT2D eigenvalue weighted by Gasteiger charge is 2.21. The van der Waals surface area contributed by atoms with Crippen LogP contribution < -0.4 is 10.6 Å². The van der Waals surface area contributed by atoms with Crippen LogP contribution in [0.5, 0.6) is 0 Å². The smallest absolute Gasteiger partial charge is 0.234 e. The number of nitrogens with one attached hydrogen (secondary N) is 2. The minimum Gasteiger partial charge on any atom is -0.383 e. The molecule has 0 aromatic heterocycles. The minimum atomic E-state index is -0.00595. The van der Waals surface area contributed by atoms with Crippen LogP contribution in [0.1, 0.15) is 13.8 Å². The standard InChI is InChI=1S/C13H27N3O3/c1-11(2)16-5-7-19-12(10-16)8-14-9-13(17)15-4-6-18-3/h11-12,14H,4-10H2,1-3H3,(H,15,17). The van der Waals surface area contributed by atoms with Gasteiger partial charge in [0.2, 0.25) is 5.91 Å². The Hall–Kier alpha value is -0.690. The van der Waals surface area contributed by atoms with E-state index < -0.39 is 0 Å². The number of ether oxygens (including phenoxy) is 2. The van der Waals surface area contributed by atoms with Crippen molar-refractivity contribution in [3.05, 3.63) is 0 Å². The number of amides is 1. The Bertz CT molecular complexity index is 262. The summed E-state index contributed by atoms with van der Waals surface area (Å²) in [7, 11) is 1.62. The summed E-state index contributed by atoms with van der Waals surface area (Å²) >= 11 is 0. The van der Waals surface area contributed by atoms with E-state index in [0.29, 0.717) is 32.3 Å².